The molecule has 0 spiro atoms. The molecule has 1 saturated heterocycles. The Morgan fingerprint density at radius 1 is 1.50 bits per heavy atom. The van der Waals surface area contributed by atoms with Gasteiger partial charge < -0.3 is 15.2 Å². The molecule has 4 nitrogen and oxygen atoms in total. The zero-order valence-electron chi connectivity index (χ0n) is 10.3. The summed E-state index contributed by atoms with van der Waals surface area (Å²) >= 11 is 0. The van der Waals surface area contributed by atoms with Crippen LogP contribution in [0.15, 0.2) is 6.20 Å². The summed E-state index contributed by atoms with van der Waals surface area (Å²) in [6.45, 7) is 7.40. The van der Waals surface area contributed by atoms with E-state index in [1.165, 1.54) is 5.69 Å². The molecule has 0 radical (unpaired) electrons. The minimum atomic E-state index is 0.317. The van der Waals surface area contributed by atoms with E-state index in [1.54, 1.807) is 0 Å². The highest BCUT2D eigenvalue weighted by molar-refractivity contribution is 5.35. The zero-order valence-corrected chi connectivity index (χ0v) is 10.3. The Labute approximate surface area is 97.4 Å². The summed E-state index contributed by atoms with van der Waals surface area (Å²) in [5, 5.41) is 0. The average Bonchev–Trinajstić information content (AvgIpc) is 2.85. The van der Waals surface area contributed by atoms with Crippen molar-refractivity contribution in [1.29, 1.82) is 0 Å². The summed E-state index contributed by atoms with van der Waals surface area (Å²) in [7, 11) is 0. The number of aryl methyl sites for hydroxylation is 2. The maximum absolute atomic E-state index is 5.95. The van der Waals surface area contributed by atoms with Crippen LogP contribution in [-0.4, -0.2) is 28.7 Å². The van der Waals surface area contributed by atoms with E-state index in [-0.39, 0.29) is 0 Å². The molecule has 2 heterocycles. The van der Waals surface area contributed by atoms with Crippen LogP contribution in [-0.2, 0) is 13.0 Å². The monoisotopic (exact) mass is 222 g/mol. The van der Waals surface area contributed by atoms with E-state index in [1.807, 2.05) is 0 Å². The Balaban J connectivity index is 2.20. The van der Waals surface area contributed by atoms with Crippen LogP contribution in [0.1, 0.15) is 32.4 Å². The number of hydrogen-bond acceptors (Lipinski definition) is 3. The third-order valence-electron chi connectivity index (χ3n) is 3.14. The summed E-state index contributed by atoms with van der Waals surface area (Å²) in [6.07, 6.45) is 5.42. The van der Waals surface area contributed by atoms with Crippen LogP contribution in [0, 0.1) is 0 Å². The second-order valence-electron chi connectivity index (χ2n) is 4.57. The van der Waals surface area contributed by atoms with Crippen LogP contribution < -0.4 is 10.6 Å². The molecule has 1 fully saturated rings. The van der Waals surface area contributed by atoms with E-state index in [4.69, 9.17) is 10.7 Å². The van der Waals surface area contributed by atoms with Crippen molar-refractivity contribution >= 4 is 5.95 Å². The molecular formula is C12H22N4. The van der Waals surface area contributed by atoms with Crippen molar-refractivity contribution in [2.24, 2.45) is 5.73 Å². The predicted molar refractivity (Wildman–Crippen MR) is 66.7 cm³/mol. The van der Waals surface area contributed by atoms with Gasteiger partial charge in [0.25, 0.3) is 0 Å². The normalized spacial score (nSPS) is 20.7. The molecule has 2 N–H and O–H groups in total. The van der Waals surface area contributed by atoms with Gasteiger partial charge in [0, 0.05) is 31.9 Å². The molecule has 0 saturated carbocycles. The second-order valence-corrected chi connectivity index (χ2v) is 4.57. The second kappa shape index (κ2) is 4.87. The SMILES string of the molecule is CCCn1cc(CC)nc1N1CCC(N)C1. The fraction of sp³-hybridized carbons (Fsp3) is 0.750. The molecule has 0 aromatic carbocycles. The van der Waals surface area contributed by atoms with Gasteiger partial charge in [0.05, 0.1) is 5.69 Å². The van der Waals surface area contributed by atoms with Crippen molar-refractivity contribution in [1.82, 2.24) is 9.55 Å². The van der Waals surface area contributed by atoms with Crippen LogP contribution in [0.4, 0.5) is 5.95 Å². The van der Waals surface area contributed by atoms with Gasteiger partial charge in [0.15, 0.2) is 0 Å². The molecule has 0 bridgehead atoms. The molecule has 16 heavy (non-hydrogen) atoms. The molecule has 4 heteroatoms. The van der Waals surface area contributed by atoms with Crippen LogP contribution >= 0.6 is 0 Å². The Kier molecular flexibility index (Phi) is 3.49. The standard InChI is InChI=1S/C12H22N4/c1-3-6-15-9-11(4-2)14-12(15)16-7-5-10(13)8-16/h9-10H,3-8,13H2,1-2H3. The van der Waals surface area contributed by atoms with Gasteiger partial charge in [-0.3, -0.25) is 0 Å². The predicted octanol–water partition coefficient (Wildman–Crippen LogP) is 1.39. The maximum Gasteiger partial charge on any atom is 0.205 e. The van der Waals surface area contributed by atoms with E-state index >= 15 is 0 Å². The summed E-state index contributed by atoms with van der Waals surface area (Å²) in [5.74, 6) is 1.12. The summed E-state index contributed by atoms with van der Waals surface area (Å²) in [5.41, 5.74) is 7.13. The van der Waals surface area contributed by atoms with Gasteiger partial charge in [-0.2, -0.15) is 0 Å². The number of nitrogens with two attached hydrogens (primary N) is 1. The Morgan fingerprint density at radius 3 is 2.88 bits per heavy atom. The van der Waals surface area contributed by atoms with Crippen LogP contribution in [0.3, 0.4) is 0 Å². The number of aromatic nitrogens is 2. The summed E-state index contributed by atoms with van der Waals surface area (Å²) in [4.78, 5) is 7.02. The van der Waals surface area contributed by atoms with Gasteiger partial charge in [-0.1, -0.05) is 13.8 Å². The lowest BCUT2D eigenvalue weighted by molar-refractivity contribution is 0.662. The topological polar surface area (TPSA) is 47.1 Å². The van der Waals surface area contributed by atoms with Crippen LogP contribution in [0.2, 0.25) is 0 Å². The highest BCUT2D eigenvalue weighted by atomic mass is 15.3. The quantitative estimate of drug-likeness (QED) is 0.837. The maximum atomic E-state index is 5.95. The molecule has 2 rings (SSSR count). The molecule has 1 aromatic rings. The molecule has 1 aliphatic rings. The van der Waals surface area contributed by atoms with Crippen molar-refractivity contribution in [2.45, 2.75) is 45.7 Å². The van der Waals surface area contributed by atoms with Gasteiger partial charge in [-0.15, -0.1) is 0 Å². The number of anilines is 1. The lowest BCUT2D eigenvalue weighted by Gasteiger charge is -2.18. The minimum Gasteiger partial charge on any atom is -0.341 e. The average molecular weight is 222 g/mol. The molecule has 0 aliphatic carbocycles. The first-order valence-corrected chi connectivity index (χ1v) is 6.31. The highest BCUT2D eigenvalue weighted by Gasteiger charge is 2.23. The first kappa shape index (κ1) is 11.5. The Hall–Kier alpha value is -1.03. The van der Waals surface area contributed by atoms with Gasteiger partial charge in [0.1, 0.15) is 0 Å². The van der Waals surface area contributed by atoms with Crippen LogP contribution in [0.5, 0.6) is 0 Å². The minimum absolute atomic E-state index is 0.317. The van der Waals surface area contributed by atoms with Crippen LogP contribution in [0.25, 0.3) is 0 Å². The third-order valence-corrected chi connectivity index (χ3v) is 3.14. The first-order chi connectivity index (χ1) is 7.74. The van der Waals surface area contributed by atoms with E-state index in [2.05, 4.69) is 29.5 Å². The van der Waals surface area contributed by atoms with E-state index < -0.39 is 0 Å². The van der Waals surface area contributed by atoms with Crippen molar-refractivity contribution in [3.63, 3.8) is 0 Å². The van der Waals surface area contributed by atoms with Crippen molar-refractivity contribution < 1.29 is 0 Å². The number of hydrogen-bond donors (Lipinski definition) is 1. The fourth-order valence-electron chi connectivity index (χ4n) is 2.26. The third kappa shape index (κ3) is 2.21. The van der Waals surface area contributed by atoms with Crippen molar-refractivity contribution in [2.75, 3.05) is 18.0 Å². The molecule has 0 amide bonds. The Morgan fingerprint density at radius 2 is 2.31 bits per heavy atom. The van der Waals surface area contributed by atoms with Gasteiger partial charge in [0.2, 0.25) is 5.95 Å². The number of nitrogens with zero attached hydrogens (tertiary/aromatic N) is 3. The molecule has 1 unspecified atom stereocenters. The Bertz CT molecular complexity index is 345. The first-order valence-electron chi connectivity index (χ1n) is 6.31. The zero-order chi connectivity index (χ0) is 11.5. The molecule has 1 aromatic heterocycles. The number of imidazole rings is 1. The van der Waals surface area contributed by atoms with E-state index in [9.17, 15) is 0 Å². The molecular weight excluding hydrogens is 200 g/mol. The van der Waals surface area contributed by atoms with Gasteiger partial charge in [-0.05, 0) is 19.3 Å². The largest absolute Gasteiger partial charge is 0.341 e. The fourth-order valence-corrected chi connectivity index (χ4v) is 2.26. The van der Waals surface area contributed by atoms with Gasteiger partial charge >= 0.3 is 0 Å². The van der Waals surface area contributed by atoms with E-state index in [0.717, 1.165) is 44.8 Å². The van der Waals surface area contributed by atoms with Crippen molar-refractivity contribution in [3.05, 3.63) is 11.9 Å². The smallest absolute Gasteiger partial charge is 0.205 e. The van der Waals surface area contributed by atoms with E-state index in [0.29, 0.717) is 6.04 Å². The highest BCUT2D eigenvalue weighted by Crippen LogP contribution is 2.20. The van der Waals surface area contributed by atoms with Crippen molar-refractivity contribution in [3.8, 4) is 0 Å². The molecule has 90 valence electrons. The lowest BCUT2D eigenvalue weighted by atomic mass is 10.3. The lowest BCUT2D eigenvalue weighted by Crippen LogP contribution is -2.28. The summed E-state index contributed by atoms with van der Waals surface area (Å²) in [6, 6.07) is 0.317. The molecule has 1 aliphatic heterocycles. The van der Waals surface area contributed by atoms with Gasteiger partial charge in [-0.25, -0.2) is 4.98 Å². The molecule has 1 atom stereocenters. The number of rotatable bonds is 4. The summed E-state index contributed by atoms with van der Waals surface area (Å²) < 4.78 is 2.27.